The van der Waals surface area contributed by atoms with Crippen molar-refractivity contribution in [3.63, 3.8) is 0 Å². The van der Waals surface area contributed by atoms with E-state index in [1.807, 2.05) is 19.1 Å². The van der Waals surface area contributed by atoms with Crippen molar-refractivity contribution in [1.29, 1.82) is 0 Å². The minimum atomic E-state index is -3.33. The Morgan fingerprint density at radius 3 is 2.29 bits per heavy atom. The average molecular weight is 312 g/mol. The molecule has 0 aromatic heterocycles. The maximum absolute atomic E-state index is 11.9. The molecule has 0 fully saturated rings. The van der Waals surface area contributed by atoms with Crippen LogP contribution in [0, 0.1) is 6.92 Å². The second kappa shape index (κ2) is 7.90. The number of sulfonamides is 1. The van der Waals surface area contributed by atoms with E-state index in [1.165, 1.54) is 7.05 Å². The smallest absolute Gasteiger partial charge is 0.220 e. The summed E-state index contributed by atoms with van der Waals surface area (Å²) >= 11 is 0. The van der Waals surface area contributed by atoms with Crippen LogP contribution in [0.5, 0.6) is 0 Å². The van der Waals surface area contributed by atoms with Gasteiger partial charge in [-0.15, -0.1) is 0 Å². The van der Waals surface area contributed by atoms with Crippen LogP contribution >= 0.6 is 0 Å². The van der Waals surface area contributed by atoms with Crippen molar-refractivity contribution >= 4 is 21.7 Å². The van der Waals surface area contributed by atoms with E-state index in [1.54, 1.807) is 12.1 Å². The molecule has 1 aromatic rings. The van der Waals surface area contributed by atoms with Gasteiger partial charge in [-0.05, 0) is 14.0 Å². The zero-order valence-corrected chi connectivity index (χ0v) is 13.0. The number of benzene rings is 1. The predicted molar refractivity (Wildman–Crippen MR) is 80.6 cm³/mol. The first-order valence-electron chi connectivity index (χ1n) is 6.62. The SMILES string of the molecule is CNS(=O)(=O)CCNC(=O)CCC(=O)c1ccc(C)cc1. The fourth-order valence-corrected chi connectivity index (χ4v) is 2.20. The zero-order chi connectivity index (χ0) is 15.9. The summed E-state index contributed by atoms with van der Waals surface area (Å²) in [4.78, 5) is 23.4. The Labute approximate surface area is 125 Å². The number of carbonyl (C=O) groups is 2. The highest BCUT2D eigenvalue weighted by Crippen LogP contribution is 2.07. The molecule has 1 rings (SSSR count). The Morgan fingerprint density at radius 2 is 1.71 bits per heavy atom. The van der Waals surface area contributed by atoms with E-state index in [9.17, 15) is 18.0 Å². The molecule has 0 spiro atoms. The second-order valence-electron chi connectivity index (χ2n) is 4.66. The number of aryl methyl sites for hydroxylation is 1. The molecule has 0 heterocycles. The Morgan fingerprint density at radius 1 is 1.10 bits per heavy atom. The van der Waals surface area contributed by atoms with Gasteiger partial charge in [0.25, 0.3) is 0 Å². The van der Waals surface area contributed by atoms with Gasteiger partial charge in [0.05, 0.1) is 5.75 Å². The average Bonchev–Trinajstić information content (AvgIpc) is 2.45. The van der Waals surface area contributed by atoms with Gasteiger partial charge in [-0.3, -0.25) is 9.59 Å². The minimum absolute atomic E-state index is 0.0285. The Bertz CT molecular complexity index is 594. The number of hydrogen-bond acceptors (Lipinski definition) is 4. The van der Waals surface area contributed by atoms with E-state index in [0.29, 0.717) is 5.56 Å². The molecule has 0 unspecified atom stereocenters. The number of amides is 1. The molecule has 0 atom stereocenters. The monoisotopic (exact) mass is 312 g/mol. The van der Waals surface area contributed by atoms with Crippen molar-refractivity contribution < 1.29 is 18.0 Å². The Balaban J connectivity index is 2.33. The summed E-state index contributed by atoms with van der Waals surface area (Å²) in [6.45, 7) is 1.96. The van der Waals surface area contributed by atoms with Gasteiger partial charge in [-0.25, -0.2) is 13.1 Å². The molecule has 0 saturated carbocycles. The molecule has 21 heavy (non-hydrogen) atoms. The maximum Gasteiger partial charge on any atom is 0.220 e. The Hall–Kier alpha value is -1.73. The molecule has 0 radical (unpaired) electrons. The van der Waals surface area contributed by atoms with Crippen LogP contribution in [0.1, 0.15) is 28.8 Å². The minimum Gasteiger partial charge on any atom is -0.355 e. The van der Waals surface area contributed by atoms with Crippen LogP contribution in [0.3, 0.4) is 0 Å². The summed E-state index contributed by atoms with van der Waals surface area (Å²) in [5.41, 5.74) is 1.64. The first-order valence-corrected chi connectivity index (χ1v) is 8.27. The van der Waals surface area contributed by atoms with Gasteiger partial charge in [0.1, 0.15) is 0 Å². The van der Waals surface area contributed by atoms with Crippen LogP contribution in [0.2, 0.25) is 0 Å². The Kier molecular flexibility index (Phi) is 6.51. The lowest BCUT2D eigenvalue weighted by atomic mass is 10.1. The number of carbonyl (C=O) groups excluding carboxylic acids is 2. The summed E-state index contributed by atoms with van der Waals surface area (Å²) in [5, 5.41) is 2.48. The predicted octanol–water partition coefficient (Wildman–Crippen LogP) is 0.623. The number of ketones is 1. The molecule has 2 N–H and O–H groups in total. The first-order chi connectivity index (χ1) is 9.84. The van der Waals surface area contributed by atoms with E-state index in [2.05, 4.69) is 10.0 Å². The van der Waals surface area contributed by atoms with Crippen molar-refractivity contribution in [3.8, 4) is 0 Å². The van der Waals surface area contributed by atoms with Gasteiger partial charge in [-0.2, -0.15) is 0 Å². The number of rotatable bonds is 8. The zero-order valence-electron chi connectivity index (χ0n) is 12.2. The lowest BCUT2D eigenvalue weighted by Gasteiger charge is -2.05. The van der Waals surface area contributed by atoms with E-state index in [4.69, 9.17) is 0 Å². The molecule has 0 aliphatic rings. The van der Waals surface area contributed by atoms with Crippen molar-refractivity contribution in [2.24, 2.45) is 0 Å². The van der Waals surface area contributed by atoms with Crippen LogP contribution in [0.15, 0.2) is 24.3 Å². The number of hydrogen-bond donors (Lipinski definition) is 2. The second-order valence-corrected chi connectivity index (χ2v) is 6.71. The highest BCUT2D eigenvalue weighted by molar-refractivity contribution is 7.89. The summed E-state index contributed by atoms with van der Waals surface area (Å²) in [6, 6.07) is 7.15. The van der Waals surface area contributed by atoms with E-state index >= 15 is 0 Å². The van der Waals surface area contributed by atoms with Crippen LogP contribution in [0.4, 0.5) is 0 Å². The van der Waals surface area contributed by atoms with Crippen molar-refractivity contribution in [1.82, 2.24) is 10.0 Å². The van der Waals surface area contributed by atoms with Gasteiger partial charge in [0.2, 0.25) is 15.9 Å². The fraction of sp³-hybridized carbons (Fsp3) is 0.429. The molecular formula is C14H20N2O4S. The topological polar surface area (TPSA) is 92.3 Å². The number of Topliss-reactive ketones (excluding diaryl/α,β-unsaturated/α-hetero) is 1. The van der Waals surface area contributed by atoms with Crippen LogP contribution in [-0.4, -0.2) is 39.5 Å². The third-order valence-corrected chi connectivity index (χ3v) is 4.32. The van der Waals surface area contributed by atoms with Crippen LogP contribution in [-0.2, 0) is 14.8 Å². The van der Waals surface area contributed by atoms with E-state index < -0.39 is 10.0 Å². The largest absolute Gasteiger partial charge is 0.355 e. The molecule has 0 saturated heterocycles. The molecule has 1 aromatic carbocycles. The third kappa shape index (κ3) is 6.50. The molecule has 0 bridgehead atoms. The lowest BCUT2D eigenvalue weighted by Crippen LogP contribution is -2.33. The molecular weight excluding hydrogens is 292 g/mol. The molecule has 7 heteroatoms. The van der Waals surface area contributed by atoms with Gasteiger partial charge in [-0.1, -0.05) is 29.8 Å². The highest BCUT2D eigenvalue weighted by atomic mass is 32.2. The van der Waals surface area contributed by atoms with E-state index in [0.717, 1.165) is 5.56 Å². The van der Waals surface area contributed by atoms with E-state index in [-0.39, 0.29) is 36.8 Å². The van der Waals surface area contributed by atoms with Crippen LogP contribution in [0.25, 0.3) is 0 Å². The summed E-state index contributed by atoms with van der Waals surface area (Å²) in [7, 11) is -2.01. The maximum atomic E-state index is 11.9. The standard InChI is InChI=1S/C14H20N2O4S/c1-11-3-5-12(6-4-11)13(17)7-8-14(18)16-9-10-21(19,20)15-2/h3-6,15H,7-10H2,1-2H3,(H,16,18). The van der Waals surface area contributed by atoms with Crippen LogP contribution < -0.4 is 10.0 Å². The molecule has 116 valence electrons. The third-order valence-electron chi connectivity index (χ3n) is 2.96. The van der Waals surface area contributed by atoms with Crippen molar-refractivity contribution in [2.45, 2.75) is 19.8 Å². The van der Waals surface area contributed by atoms with Crippen molar-refractivity contribution in [3.05, 3.63) is 35.4 Å². The number of nitrogens with one attached hydrogen (secondary N) is 2. The molecule has 6 nitrogen and oxygen atoms in total. The quantitative estimate of drug-likeness (QED) is 0.688. The van der Waals surface area contributed by atoms with Crippen molar-refractivity contribution in [2.75, 3.05) is 19.3 Å². The summed E-state index contributed by atoms with van der Waals surface area (Å²) in [5.74, 6) is -0.615. The van der Waals surface area contributed by atoms with Gasteiger partial charge < -0.3 is 5.32 Å². The molecule has 0 aliphatic heterocycles. The highest BCUT2D eigenvalue weighted by Gasteiger charge is 2.11. The fourth-order valence-electron chi connectivity index (χ4n) is 1.63. The van der Waals surface area contributed by atoms with Gasteiger partial charge in [0, 0.05) is 24.9 Å². The molecule has 1 amide bonds. The molecule has 0 aliphatic carbocycles. The lowest BCUT2D eigenvalue weighted by molar-refractivity contribution is -0.120. The van der Waals surface area contributed by atoms with Gasteiger partial charge >= 0.3 is 0 Å². The normalized spacial score (nSPS) is 11.1. The van der Waals surface area contributed by atoms with Gasteiger partial charge in [0.15, 0.2) is 5.78 Å². The first kappa shape index (κ1) is 17.3. The summed E-state index contributed by atoms with van der Waals surface area (Å²) in [6.07, 6.45) is 0.153. The summed E-state index contributed by atoms with van der Waals surface area (Å²) < 4.78 is 24.4.